The Balaban J connectivity index is 1.77. The van der Waals surface area contributed by atoms with E-state index in [9.17, 15) is 9.59 Å². The molecule has 2 aromatic carbocycles. The molecule has 0 saturated heterocycles. The summed E-state index contributed by atoms with van der Waals surface area (Å²) in [6.45, 7) is 2.58. The molecule has 4 rings (SSSR count). The topological polar surface area (TPSA) is 61.4 Å². The fraction of sp³-hybridized carbons (Fsp3) is 0.360. The molecule has 5 heteroatoms. The van der Waals surface area contributed by atoms with Crippen LogP contribution in [0.4, 0.5) is 5.69 Å². The van der Waals surface area contributed by atoms with Crippen LogP contribution < -0.4 is 10.6 Å². The van der Waals surface area contributed by atoms with Gasteiger partial charge in [0.05, 0.1) is 11.3 Å². The van der Waals surface area contributed by atoms with Gasteiger partial charge in [-0.05, 0) is 37.5 Å². The largest absolute Gasteiger partial charge is 0.381 e. The van der Waals surface area contributed by atoms with Crippen LogP contribution in [0.25, 0.3) is 11.3 Å². The van der Waals surface area contributed by atoms with Crippen LogP contribution in [0.15, 0.2) is 48.5 Å². The highest BCUT2D eigenvalue weighted by atomic mass is 16.2. The van der Waals surface area contributed by atoms with Crippen molar-refractivity contribution in [3.05, 3.63) is 65.2 Å². The van der Waals surface area contributed by atoms with E-state index in [1.54, 1.807) is 18.0 Å². The summed E-state index contributed by atoms with van der Waals surface area (Å²) in [4.78, 5) is 27.3. The number of nitrogens with zero attached hydrogens (tertiary/aromatic N) is 1. The highest BCUT2D eigenvalue weighted by molar-refractivity contribution is 6.36. The quantitative estimate of drug-likeness (QED) is 0.722. The molecule has 1 aliphatic carbocycles. The molecule has 2 N–H and O–H groups in total. The van der Waals surface area contributed by atoms with E-state index in [-0.39, 0.29) is 11.8 Å². The van der Waals surface area contributed by atoms with Crippen molar-refractivity contribution in [1.82, 2.24) is 10.2 Å². The Morgan fingerprint density at radius 2 is 1.80 bits per heavy atom. The average Bonchev–Trinajstić information content (AvgIpc) is 3.12. The second-order valence-electron chi connectivity index (χ2n) is 8.13. The molecular weight excluding hydrogens is 374 g/mol. The van der Waals surface area contributed by atoms with Crippen LogP contribution in [0.5, 0.6) is 0 Å². The molecule has 0 radical (unpaired) electrons. The molecule has 1 heterocycles. The van der Waals surface area contributed by atoms with Gasteiger partial charge in [-0.3, -0.25) is 9.59 Å². The zero-order valence-electron chi connectivity index (χ0n) is 17.7. The summed E-state index contributed by atoms with van der Waals surface area (Å²) in [5.74, 6) is -0.170. The Hall–Kier alpha value is -3.08. The molecule has 2 aromatic rings. The lowest BCUT2D eigenvalue weighted by molar-refractivity contribution is -0.110. The van der Waals surface area contributed by atoms with Crippen molar-refractivity contribution in [3.63, 3.8) is 0 Å². The highest BCUT2D eigenvalue weighted by Crippen LogP contribution is 2.37. The van der Waals surface area contributed by atoms with Crippen LogP contribution in [-0.2, 0) is 4.79 Å². The SMILES string of the molecule is CCN(C)C(=O)c1ccc2c(c1)NC(=O)/C2=C(\NC1CCCCC1)c1ccccc1. The number of hydrogen-bond donors (Lipinski definition) is 2. The summed E-state index contributed by atoms with van der Waals surface area (Å²) in [6.07, 6.45) is 5.95. The lowest BCUT2D eigenvalue weighted by atomic mass is 9.93. The Labute approximate surface area is 178 Å². The number of rotatable bonds is 5. The first-order valence-electron chi connectivity index (χ1n) is 10.9. The predicted molar refractivity (Wildman–Crippen MR) is 121 cm³/mol. The van der Waals surface area contributed by atoms with E-state index in [2.05, 4.69) is 10.6 Å². The van der Waals surface area contributed by atoms with E-state index in [0.717, 1.165) is 29.7 Å². The van der Waals surface area contributed by atoms with Gasteiger partial charge >= 0.3 is 0 Å². The van der Waals surface area contributed by atoms with Gasteiger partial charge in [-0.15, -0.1) is 0 Å². The molecule has 1 aliphatic heterocycles. The Bertz CT molecular complexity index is 975. The number of anilines is 1. The van der Waals surface area contributed by atoms with Crippen molar-refractivity contribution in [1.29, 1.82) is 0 Å². The van der Waals surface area contributed by atoms with Gasteiger partial charge in [-0.2, -0.15) is 0 Å². The second-order valence-corrected chi connectivity index (χ2v) is 8.13. The predicted octanol–water partition coefficient (Wildman–Crippen LogP) is 4.52. The smallest absolute Gasteiger partial charge is 0.258 e. The standard InChI is InChI=1S/C25H29N3O2/c1-3-28(2)25(30)18-14-15-20-21(16-18)27-24(29)22(20)23(17-10-6-4-7-11-17)26-19-12-8-5-9-13-19/h4,6-7,10-11,14-16,19,26H,3,5,8-9,12-13H2,1-2H3,(H,27,29)/b23-22-. The maximum absolute atomic E-state index is 13.1. The number of fused-ring (bicyclic) bond motifs is 1. The molecule has 0 atom stereocenters. The maximum atomic E-state index is 13.1. The third kappa shape index (κ3) is 3.97. The number of hydrogen-bond acceptors (Lipinski definition) is 3. The van der Waals surface area contributed by atoms with Gasteiger partial charge in [0.15, 0.2) is 0 Å². The second kappa shape index (κ2) is 8.74. The van der Waals surface area contributed by atoms with Gasteiger partial charge in [0.2, 0.25) is 0 Å². The fourth-order valence-electron chi connectivity index (χ4n) is 4.27. The lowest BCUT2D eigenvalue weighted by Crippen LogP contribution is -2.31. The number of nitrogens with one attached hydrogen (secondary N) is 2. The van der Waals surface area contributed by atoms with Crippen LogP contribution in [0.2, 0.25) is 0 Å². The van der Waals surface area contributed by atoms with E-state index in [4.69, 9.17) is 0 Å². The van der Waals surface area contributed by atoms with E-state index in [0.29, 0.717) is 29.4 Å². The van der Waals surface area contributed by atoms with E-state index >= 15 is 0 Å². The highest BCUT2D eigenvalue weighted by Gasteiger charge is 2.30. The van der Waals surface area contributed by atoms with Gasteiger partial charge < -0.3 is 15.5 Å². The third-order valence-electron chi connectivity index (χ3n) is 6.10. The molecule has 5 nitrogen and oxygen atoms in total. The van der Waals surface area contributed by atoms with Gasteiger partial charge in [0, 0.05) is 36.4 Å². The maximum Gasteiger partial charge on any atom is 0.258 e. The van der Waals surface area contributed by atoms with Crippen LogP contribution >= 0.6 is 0 Å². The molecule has 0 aromatic heterocycles. The lowest BCUT2D eigenvalue weighted by Gasteiger charge is -2.26. The molecule has 1 fully saturated rings. The molecule has 1 saturated carbocycles. The fourth-order valence-corrected chi connectivity index (χ4v) is 4.27. The Morgan fingerprint density at radius 3 is 2.50 bits per heavy atom. The van der Waals surface area contributed by atoms with Gasteiger partial charge in [0.1, 0.15) is 0 Å². The van der Waals surface area contributed by atoms with E-state index in [1.165, 1.54) is 19.3 Å². The first-order valence-corrected chi connectivity index (χ1v) is 10.9. The van der Waals surface area contributed by atoms with Crippen molar-refractivity contribution in [3.8, 4) is 0 Å². The van der Waals surface area contributed by atoms with Crippen LogP contribution in [0, 0.1) is 0 Å². The molecule has 0 spiro atoms. The van der Waals surface area contributed by atoms with Crippen molar-refractivity contribution < 1.29 is 9.59 Å². The Kier molecular flexibility index (Phi) is 5.88. The Morgan fingerprint density at radius 1 is 1.07 bits per heavy atom. The number of carbonyl (C=O) groups excluding carboxylic acids is 2. The van der Waals surface area contributed by atoms with Crippen LogP contribution in [-0.4, -0.2) is 36.3 Å². The normalized spacial score (nSPS) is 17.9. The minimum Gasteiger partial charge on any atom is -0.381 e. The van der Waals surface area contributed by atoms with Crippen molar-refractivity contribution in [2.24, 2.45) is 0 Å². The van der Waals surface area contributed by atoms with Crippen molar-refractivity contribution in [2.45, 2.75) is 45.1 Å². The van der Waals surface area contributed by atoms with Crippen LogP contribution in [0.3, 0.4) is 0 Å². The van der Waals surface area contributed by atoms with Crippen LogP contribution in [0.1, 0.15) is 60.5 Å². The summed E-state index contributed by atoms with van der Waals surface area (Å²) >= 11 is 0. The molecule has 0 unspecified atom stereocenters. The molecule has 2 amide bonds. The first kappa shape index (κ1) is 20.2. The molecular formula is C25H29N3O2. The van der Waals surface area contributed by atoms with E-state index < -0.39 is 0 Å². The van der Waals surface area contributed by atoms with Crippen molar-refractivity contribution in [2.75, 3.05) is 18.9 Å². The number of amides is 2. The monoisotopic (exact) mass is 403 g/mol. The first-order chi connectivity index (χ1) is 14.6. The number of benzene rings is 2. The summed E-state index contributed by atoms with van der Waals surface area (Å²) in [5.41, 5.74) is 4.67. The minimum atomic E-state index is -0.124. The summed E-state index contributed by atoms with van der Waals surface area (Å²) in [5, 5.41) is 6.67. The summed E-state index contributed by atoms with van der Waals surface area (Å²) < 4.78 is 0. The number of carbonyl (C=O) groups is 2. The van der Waals surface area contributed by atoms with Gasteiger partial charge in [-0.1, -0.05) is 55.7 Å². The third-order valence-corrected chi connectivity index (χ3v) is 6.10. The summed E-state index contributed by atoms with van der Waals surface area (Å²) in [7, 11) is 1.78. The zero-order chi connectivity index (χ0) is 21.1. The molecule has 30 heavy (non-hydrogen) atoms. The summed E-state index contributed by atoms with van der Waals surface area (Å²) in [6, 6.07) is 15.9. The zero-order valence-corrected chi connectivity index (χ0v) is 17.7. The van der Waals surface area contributed by atoms with Gasteiger partial charge in [0.25, 0.3) is 11.8 Å². The van der Waals surface area contributed by atoms with Crippen molar-refractivity contribution >= 4 is 28.8 Å². The van der Waals surface area contributed by atoms with Gasteiger partial charge in [-0.25, -0.2) is 0 Å². The molecule has 156 valence electrons. The average molecular weight is 404 g/mol. The molecule has 0 bridgehead atoms. The minimum absolute atomic E-state index is 0.0457. The molecule has 2 aliphatic rings. The van der Waals surface area contributed by atoms with E-state index in [1.807, 2.05) is 49.4 Å².